The smallest absolute Gasteiger partial charge is 0.226 e. The maximum Gasteiger partial charge on any atom is 0.226 e. The number of amides is 2. The molecule has 0 radical (unpaired) electrons. The highest BCUT2D eigenvalue weighted by molar-refractivity contribution is 5.83. The molecule has 152 valence electrons. The highest BCUT2D eigenvalue weighted by Gasteiger charge is 2.39. The van der Waals surface area contributed by atoms with Gasteiger partial charge in [-0.15, -0.1) is 0 Å². The second-order valence-corrected chi connectivity index (χ2v) is 8.96. The first-order chi connectivity index (χ1) is 13.5. The van der Waals surface area contributed by atoms with Crippen LogP contribution in [-0.4, -0.2) is 29.8 Å². The molecule has 1 aliphatic heterocycles. The van der Waals surface area contributed by atoms with Gasteiger partial charge in [-0.05, 0) is 68.6 Å². The molecule has 1 aromatic rings. The summed E-state index contributed by atoms with van der Waals surface area (Å²) in [5.74, 6) is 0.650. The van der Waals surface area contributed by atoms with Crippen LogP contribution in [0.25, 0.3) is 0 Å². The molecular weight excluding hydrogens is 355 g/mol. The number of carbonyl (C=O) groups is 2. The molecular formula is C23H31FN2O2. The molecule has 2 aliphatic carbocycles. The van der Waals surface area contributed by atoms with Crippen LogP contribution in [0, 0.1) is 30.5 Å². The van der Waals surface area contributed by atoms with Gasteiger partial charge in [-0.3, -0.25) is 9.59 Å². The average molecular weight is 387 g/mol. The molecule has 4 nitrogen and oxygen atoms in total. The van der Waals surface area contributed by atoms with Crippen molar-refractivity contribution in [3.8, 4) is 0 Å². The summed E-state index contributed by atoms with van der Waals surface area (Å²) >= 11 is 0. The van der Waals surface area contributed by atoms with Gasteiger partial charge in [0, 0.05) is 19.0 Å². The van der Waals surface area contributed by atoms with Gasteiger partial charge in [0.15, 0.2) is 0 Å². The van der Waals surface area contributed by atoms with Crippen molar-refractivity contribution < 1.29 is 14.0 Å². The van der Waals surface area contributed by atoms with Crippen LogP contribution in [0.4, 0.5) is 4.39 Å². The molecule has 5 heteroatoms. The number of nitrogens with zero attached hydrogens (tertiary/aromatic N) is 1. The van der Waals surface area contributed by atoms with Gasteiger partial charge in [0.2, 0.25) is 11.8 Å². The molecule has 1 saturated heterocycles. The monoisotopic (exact) mass is 386 g/mol. The van der Waals surface area contributed by atoms with E-state index < -0.39 is 0 Å². The third-order valence-corrected chi connectivity index (χ3v) is 6.77. The second-order valence-electron chi connectivity index (χ2n) is 8.96. The summed E-state index contributed by atoms with van der Waals surface area (Å²) in [7, 11) is 0. The van der Waals surface area contributed by atoms with Crippen molar-refractivity contribution in [3.63, 3.8) is 0 Å². The lowest BCUT2D eigenvalue weighted by Crippen LogP contribution is -2.48. The summed E-state index contributed by atoms with van der Waals surface area (Å²) in [6.45, 7) is 3.01. The van der Waals surface area contributed by atoms with E-state index in [9.17, 15) is 14.0 Å². The highest BCUT2D eigenvalue weighted by atomic mass is 19.1. The van der Waals surface area contributed by atoms with Crippen LogP contribution < -0.4 is 5.32 Å². The first kappa shape index (κ1) is 19.4. The highest BCUT2D eigenvalue weighted by Crippen LogP contribution is 2.38. The van der Waals surface area contributed by atoms with Crippen molar-refractivity contribution in [1.82, 2.24) is 10.2 Å². The number of likely N-dealkylation sites (tertiary alicyclic amines) is 1. The molecule has 1 heterocycles. The van der Waals surface area contributed by atoms with Crippen LogP contribution in [0.1, 0.15) is 68.5 Å². The summed E-state index contributed by atoms with van der Waals surface area (Å²) in [5.41, 5.74) is 1.59. The molecule has 2 amide bonds. The zero-order valence-electron chi connectivity index (χ0n) is 16.8. The zero-order chi connectivity index (χ0) is 19.7. The Kier molecular flexibility index (Phi) is 5.70. The van der Waals surface area contributed by atoms with Gasteiger partial charge in [-0.25, -0.2) is 4.39 Å². The van der Waals surface area contributed by atoms with Crippen LogP contribution in [0.15, 0.2) is 18.2 Å². The van der Waals surface area contributed by atoms with Gasteiger partial charge >= 0.3 is 0 Å². The van der Waals surface area contributed by atoms with Crippen molar-refractivity contribution >= 4 is 11.8 Å². The van der Waals surface area contributed by atoms with Crippen LogP contribution in [-0.2, 0) is 9.59 Å². The third-order valence-electron chi connectivity index (χ3n) is 6.77. The Balaban J connectivity index is 1.52. The van der Waals surface area contributed by atoms with Gasteiger partial charge in [0.25, 0.3) is 0 Å². The number of rotatable bonds is 5. The lowest BCUT2D eigenvalue weighted by atomic mass is 9.86. The van der Waals surface area contributed by atoms with Crippen molar-refractivity contribution in [2.75, 3.05) is 13.1 Å². The molecule has 2 saturated carbocycles. The minimum absolute atomic E-state index is 0.0557. The molecule has 1 aromatic carbocycles. The van der Waals surface area contributed by atoms with Crippen LogP contribution in [0.3, 0.4) is 0 Å². The lowest BCUT2D eigenvalue weighted by Gasteiger charge is -2.41. The standard InChI is InChI=1S/C23H31FN2O2/c1-15-12-18(8-10-20(15)24)21-11-9-19(22(27)25-13-16-6-7-16)14-26(21)23(28)17-4-2-3-5-17/h8,10,12,16-17,19,21H,2-7,9,11,13-14H2,1H3,(H,25,27)/t19-,21-/m0/s1. The summed E-state index contributed by atoms with van der Waals surface area (Å²) in [6, 6.07) is 5.11. The number of benzene rings is 1. The van der Waals surface area contributed by atoms with E-state index in [2.05, 4.69) is 5.32 Å². The third kappa shape index (κ3) is 4.23. The first-order valence-electron chi connectivity index (χ1n) is 10.9. The van der Waals surface area contributed by atoms with Gasteiger partial charge in [0.05, 0.1) is 12.0 Å². The van der Waals surface area contributed by atoms with Crippen molar-refractivity contribution in [1.29, 1.82) is 0 Å². The summed E-state index contributed by atoms with van der Waals surface area (Å²) < 4.78 is 13.8. The SMILES string of the molecule is Cc1cc([C@@H]2CC[C@H](C(=O)NCC3CC3)CN2C(=O)C2CCCC2)ccc1F. The largest absolute Gasteiger partial charge is 0.356 e. The van der Waals surface area contributed by atoms with E-state index in [1.807, 2.05) is 11.0 Å². The van der Waals surface area contributed by atoms with E-state index in [1.165, 1.54) is 18.9 Å². The first-order valence-corrected chi connectivity index (χ1v) is 10.9. The van der Waals surface area contributed by atoms with Crippen molar-refractivity contribution in [2.24, 2.45) is 17.8 Å². The molecule has 0 spiro atoms. The fourth-order valence-electron chi connectivity index (χ4n) is 4.77. The van der Waals surface area contributed by atoms with Gasteiger partial charge in [0.1, 0.15) is 5.82 Å². The Morgan fingerprint density at radius 1 is 1.07 bits per heavy atom. The van der Waals surface area contributed by atoms with Crippen LogP contribution >= 0.6 is 0 Å². The van der Waals surface area contributed by atoms with E-state index >= 15 is 0 Å². The Morgan fingerprint density at radius 3 is 2.50 bits per heavy atom. The van der Waals surface area contributed by atoms with E-state index in [-0.39, 0.29) is 35.5 Å². The van der Waals surface area contributed by atoms with Crippen molar-refractivity contribution in [2.45, 2.75) is 64.3 Å². The Morgan fingerprint density at radius 2 is 1.82 bits per heavy atom. The number of halogens is 1. The number of carbonyl (C=O) groups excluding carboxylic acids is 2. The average Bonchev–Trinajstić information content (AvgIpc) is 3.38. The number of aryl methyl sites for hydroxylation is 1. The Hall–Kier alpha value is -1.91. The zero-order valence-corrected chi connectivity index (χ0v) is 16.8. The second kappa shape index (κ2) is 8.22. The van der Waals surface area contributed by atoms with Gasteiger partial charge in [-0.1, -0.05) is 25.0 Å². The maximum absolute atomic E-state index is 13.8. The van der Waals surface area contributed by atoms with Crippen molar-refractivity contribution in [3.05, 3.63) is 35.1 Å². The van der Waals surface area contributed by atoms with E-state index in [4.69, 9.17) is 0 Å². The van der Waals surface area contributed by atoms with Crippen LogP contribution in [0.5, 0.6) is 0 Å². The summed E-state index contributed by atoms with van der Waals surface area (Å²) in [5, 5.41) is 3.09. The normalized spacial score (nSPS) is 25.7. The molecule has 3 aliphatic rings. The molecule has 1 N–H and O–H groups in total. The predicted molar refractivity (Wildman–Crippen MR) is 106 cm³/mol. The molecule has 4 rings (SSSR count). The van der Waals surface area contributed by atoms with E-state index in [1.54, 1.807) is 13.0 Å². The Bertz CT molecular complexity index is 740. The Labute approximate surface area is 166 Å². The number of nitrogens with one attached hydrogen (secondary N) is 1. The van der Waals surface area contributed by atoms with Crippen LogP contribution in [0.2, 0.25) is 0 Å². The minimum atomic E-state index is -0.217. The van der Waals surface area contributed by atoms with E-state index in [0.717, 1.165) is 50.6 Å². The molecule has 2 atom stereocenters. The molecule has 28 heavy (non-hydrogen) atoms. The number of hydrogen-bond acceptors (Lipinski definition) is 2. The lowest BCUT2D eigenvalue weighted by molar-refractivity contribution is -0.142. The summed E-state index contributed by atoms with van der Waals surface area (Å²) in [6.07, 6.45) is 8.06. The fourth-order valence-corrected chi connectivity index (χ4v) is 4.77. The number of piperidine rings is 1. The molecule has 0 unspecified atom stereocenters. The van der Waals surface area contributed by atoms with Gasteiger partial charge < -0.3 is 10.2 Å². The maximum atomic E-state index is 13.8. The topological polar surface area (TPSA) is 49.4 Å². The predicted octanol–water partition coefficient (Wildman–Crippen LogP) is 4.13. The summed E-state index contributed by atoms with van der Waals surface area (Å²) in [4.78, 5) is 27.9. The van der Waals surface area contributed by atoms with Gasteiger partial charge in [-0.2, -0.15) is 0 Å². The molecule has 3 fully saturated rings. The number of hydrogen-bond donors (Lipinski definition) is 1. The molecule has 0 aromatic heterocycles. The molecule has 0 bridgehead atoms. The minimum Gasteiger partial charge on any atom is -0.356 e. The fraction of sp³-hybridized carbons (Fsp3) is 0.652. The quantitative estimate of drug-likeness (QED) is 0.827. The van der Waals surface area contributed by atoms with E-state index in [0.29, 0.717) is 18.0 Å².